The van der Waals surface area contributed by atoms with E-state index in [2.05, 4.69) is 0 Å². The van der Waals surface area contributed by atoms with Gasteiger partial charge in [-0.3, -0.25) is 27.3 Å². The summed E-state index contributed by atoms with van der Waals surface area (Å²) in [4.78, 5) is 25.6. The number of allylic oxidation sites excluding steroid dienone is 6. The summed E-state index contributed by atoms with van der Waals surface area (Å²) in [6, 6.07) is 6.36. The zero-order valence-electron chi connectivity index (χ0n) is 38.4. The number of anilines is 1. The fourth-order valence-corrected chi connectivity index (χ4v) is 12.3. The Balaban J connectivity index is 1.71. The van der Waals surface area contributed by atoms with E-state index in [1.54, 1.807) is 25.7 Å². The van der Waals surface area contributed by atoms with Crippen molar-refractivity contribution in [1.29, 1.82) is 0 Å². The first kappa shape index (κ1) is 57.9. The molecule has 0 radical (unpaired) electrons. The van der Waals surface area contributed by atoms with Crippen LogP contribution in [0, 0.1) is 0 Å². The molecule has 0 fully saturated rings. The Kier molecular flexibility index (Phi) is 17.0. The molecule has 2 heterocycles. The molecule has 0 spiro atoms. The Hall–Kier alpha value is -4.99. The van der Waals surface area contributed by atoms with Gasteiger partial charge in [-0.05, 0) is 87.7 Å². The van der Waals surface area contributed by atoms with E-state index in [9.17, 15) is 88.0 Å². The highest BCUT2D eigenvalue weighted by molar-refractivity contribution is 7.87. The number of carbonyl (C=O) groups is 2. The number of hydrogen-bond acceptors (Lipinski definition) is 16. The minimum atomic E-state index is -5.20. The second-order valence-corrected chi connectivity index (χ2v) is 26.6. The van der Waals surface area contributed by atoms with Gasteiger partial charge >= 0.3 is 11.9 Å². The fraction of sp³-hybridized carbons (Fsp3) is 0.405. The number of rotatable bonds is 23. The Bertz CT molecular complexity index is 3540. The average Bonchev–Trinajstić information content (AvgIpc) is 3.58. The minimum absolute atomic E-state index is 0.128. The molecule has 0 amide bonds. The van der Waals surface area contributed by atoms with E-state index in [-0.39, 0.29) is 95.3 Å². The molecule has 0 aliphatic carbocycles. The third-order valence-corrected chi connectivity index (χ3v) is 16.9. The molecule has 3 aromatic carbocycles. The summed E-state index contributed by atoms with van der Waals surface area (Å²) in [5.74, 6) is -5.53. The molecule has 0 saturated heterocycles. The first-order valence-electron chi connectivity index (χ1n) is 21.3. The Morgan fingerprint density at radius 1 is 0.667 bits per heavy atom. The molecule has 0 saturated carbocycles. The van der Waals surface area contributed by atoms with Gasteiger partial charge in [0.25, 0.3) is 60.7 Å². The molecule has 396 valence electrons. The lowest BCUT2D eigenvalue weighted by atomic mass is 9.75. The molecule has 72 heavy (non-hydrogen) atoms. The standard InChI is InChI=1S/C42H50N2O22S6/c1-41(2)35(44(17-9-21-69(54,55)56)33-24-27(39(45)46)23-31(37(33)41)40(47)66-18-10-22-70(57,58)59)11-5-4-6-12-36-42(3,15-7-19-67(48,49)50)38-30-25-28(71(60,61)62)26-34(72(63,64)65)29(30)13-14-32(38)43(36)16-8-20-68(51,52)53/h4-6,11-14,23-26H,7-10,15-22H2,1-3H3,(H6-,45,46,48,49,50,51,52,53,54,55,56,57,58,59,60,61,62,63,64,65)/p+1. The summed E-state index contributed by atoms with van der Waals surface area (Å²) in [7, 11) is -28.4. The number of aromatic carboxylic acids is 1. The Labute approximate surface area is 415 Å². The SMILES string of the molecule is CC1(C)C(C=CC=CC=C2N(CCCS(=O)(=O)O)c3ccc4c(S(=O)(=O)O)cc(S(=O)(=O)O)cc4c3C2(C)CCCS(=O)(=O)O)=[N+](CCCS(=O)(=O)O)c2cc(C(=O)O)cc(C(=O)OCCCS(=O)(=O)O)c21. The number of hydrogen-bond donors (Lipinski definition) is 7. The van der Waals surface area contributed by atoms with Crippen LogP contribution in [0.3, 0.4) is 0 Å². The van der Waals surface area contributed by atoms with E-state index >= 15 is 0 Å². The van der Waals surface area contributed by atoms with Gasteiger partial charge in [0.05, 0.1) is 56.6 Å². The number of carboxylic acid groups (broad SMARTS) is 1. The van der Waals surface area contributed by atoms with Gasteiger partial charge < -0.3 is 14.7 Å². The number of fused-ring (bicyclic) bond motifs is 4. The molecule has 3 aromatic rings. The van der Waals surface area contributed by atoms with Crippen LogP contribution in [0.15, 0.2) is 82.3 Å². The van der Waals surface area contributed by atoms with Crippen LogP contribution in [0.1, 0.15) is 84.7 Å². The molecular weight excluding hydrogens is 1080 g/mol. The number of nitrogens with zero attached hydrogens (tertiary/aromatic N) is 2. The maximum absolute atomic E-state index is 13.6. The first-order chi connectivity index (χ1) is 32.9. The molecule has 24 nitrogen and oxygen atoms in total. The number of esters is 1. The highest BCUT2D eigenvalue weighted by Crippen LogP contribution is 2.54. The zero-order valence-corrected chi connectivity index (χ0v) is 43.3. The van der Waals surface area contributed by atoms with Gasteiger partial charge in [-0.15, -0.1) is 0 Å². The maximum atomic E-state index is 13.6. The van der Waals surface area contributed by atoms with Gasteiger partial charge in [0.1, 0.15) is 11.4 Å². The molecule has 2 aliphatic rings. The summed E-state index contributed by atoms with van der Waals surface area (Å²) >= 11 is 0. The Morgan fingerprint density at radius 3 is 1.82 bits per heavy atom. The third kappa shape index (κ3) is 14.0. The summed E-state index contributed by atoms with van der Waals surface area (Å²) in [5, 5.41) is 9.65. The average molecular weight is 1130 g/mol. The van der Waals surface area contributed by atoms with Gasteiger partial charge in [0, 0.05) is 47.3 Å². The van der Waals surface area contributed by atoms with Crippen LogP contribution in [0.25, 0.3) is 10.8 Å². The summed E-state index contributed by atoms with van der Waals surface area (Å²) in [6.07, 6.45) is 6.20. The largest absolute Gasteiger partial charge is 0.478 e. The van der Waals surface area contributed by atoms with Crippen molar-refractivity contribution in [1.82, 2.24) is 0 Å². The maximum Gasteiger partial charge on any atom is 0.338 e. The second-order valence-electron chi connectivity index (χ2n) is 17.5. The van der Waals surface area contributed by atoms with Crippen molar-refractivity contribution in [3.63, 3.8) is 0 Å². The van der Waals surface area contributed by atoms with Gasteiger partial charge in [-0.25, -0.2) is 9.59 Å². The van der Waals surface area contributed by atoms with Crippen LogP contribution in [0.2, 0.25) is 0 Å². The van der Waals surface area contributed by atoms with Crippen LogP contribution in [0.4, 0.5) is 11.4 Å². The number of carboxylic acids is 1. The monoisotopic (exact) mass is 1130 g/mol. The molecule has 1 atom stereocenters. The van der Waals surface area contributed by atoms with Gasteiger partial charge in [0.2, 0.25) is 5.69 Å². The quantitative estimate of drug-likeness (QED) is 0.0233. The summed E-state index contributed by atoms with van der Waals surface area (Å²) < 4.78 is 209. The third-order valence-electron chi connectivity index (χ3n) is 11.9. The predicted octanol–water partition coefficient (Wildman–Crippen LogP) is 3.84. The molecule has 7 N–H and O–H groups in total. The van der Waals surface area contributed by atoms with Crippen molar-refractivity contribution in [2.75, 3.05) is 47.6 Å². The first-order valence-corrected chi connectivity index (χ1v) is 30.6. The van der Waals surface area contributed by atoms with E-state index in [1.165, 1.54) is 53.2 Å². The number of carbonyl (C=O) groups excluding carboxylic acids is 1. The van der Waals surface area contributed by atoms with Gasteiger partial charge in [-0.1, -0.05) is 24.3 Å². The highest BCUT2D eigenvalue weighted by atomic mass is 32.2. The van der Waals surface area contributed by atoms with E-state index in [4.69, 9.17) is 9.29 Å². The van der Waals surface area contributed by atoms with E-state index in [1.807, 2.05) is 0 Å². The summed E-state index contributed by atoms with van der Waals surface area (Å²) in [6.45, 7) is 4.01. The number of ether oxygens (including phenoxy) is 1. The van der Waals surface area contributed by atoms with E-state index in [0.717, 1.165) is 12.1 Å². The van der Waals surface area contributed by atoms with Crippen LogP contribution >= 0.6 is 0 Å². The van der Waals surface area contributed by atoms with E-state index in [0.29, 0.717) is 11.8 Å². The van der Waals surface area contributed by atoms with Crippen molar-refractivity contribution in [3.8, 4) is 0 Å². The highest BCUT2D eigenvalue weighted by Gasteiger charge is 2.48. The van der Waals surface area contributed by atoms with Crippen molar-refractivity contribution in [3.05, 3.63) is 94.7 Å². The fourth-order valence-electron chi connectivity index (χ4n) is 9.03. The smallest absolute Gasteiger partial charge is 0.338 e. The minimum Gasteiger partial charge on any atom is -0.478 e. The van der Waals surface area contributed by atoms with Gasteiger partial charge in [0.15, 0.2) is 5.71 Å². The topological polar surface area (TPSA) is 396 Å². The molecule has 30 heteroatoms. The lowest BCUT2D eigenvalue weighted by molar-refractivity contribution is -0.437. The normalized spacial score (nSPS) is 18.2. The molecule has 0 aromatic heterocycles. The molecule has 2 aliphatic heterocycles. The van der Waals surface area contributed by atoms with Crippen molar-refractivity contribution >= 4 is 101 Å². The van der Waals surface area contributed by atoms with Crippen LogP contribution < -0.4 is 4.90 Å². The van der Waals surface area contributed by atoms with Crippen molar-refractivity contribution < 1.29 is 102 Å². The second kappa shape index (κ2) is 21.1. The van der Waals surface area contributed by atoms with Crippen LogP contribution in [0.5, 0.6) is 0 Å². The van der Waals surface area contributed by atoms with Crippen molar-refractivity contribution in [2.45, 2.75) is 73.5 Å². The Morgan fingerprint density at radius 2 is 1.25 bits per heavy atom. The summed E-state index contributed by atoms with van der Waals surface area (Å²) in [5.41, 5.74) is -2.07. The molecule has 1 unspecified atom stereocenters. The number of benzene rings is 3. The van der Waals surface area contributed by atoms with Gasteiger partial charge in [-0.2, -0.15) is 55.1 Å². The molecule has 5 rings (SSSR count). The molecule has 0 bridgehead atoms. The zero-order chi connectivity index (χ0) is 54.2. The lowest BCUT2D eigenvalue weighted by Crippen LogP contribution is -2.30. The molecular formula is C42H51N2O22S6+. The predicted molar refractivity (Wildman–Crippen MR) is 260 cm³/mol. The van der Waals surface area contributed by atoms with Crippen molar-refractivity contribution in [2.24, 2.45) is 0 Å². The van der Waals surface area contributed by atoms with Crippen LogP contribution in [-0.2, 0) is 76.3 Å². The van der Waals surface area contributed by atoms with E-state index < -0.39 is 123 Å². The van der Waals surface area contributed by atoms with Crippen LogP contribution in [-0.4, -0.2) is 148 Å². The lowest BCUT2D eigenvalue weighted by Gasteiger charge is -2.31.